The van der Waals surface area contributed by atoms with Crippen LogP contribution in [-0.2, 0) is 14.8 Å². The molecule has 2 aromatic carbocycles. The molecule has 0 unspecified atom stereocenters. The van der Waals surface area contributed by atoms with Crippen LogP contribution in [0.25, 0.3) is 0 Å². The van der Waals surface area contributed by atoms with Gasteiger partial charge in [-0.3, -0.25) is 9.10 Å². The summed E-state index contributed by atoms with van der Waals surface area (Å²) in [6.07, 6.45) is 1.32. The lowest BCUT2D eigenvalue weighted by atomic mass is 10.3. The molecule has 1 N–H and O–H groups in total. The maximum atomic E-state index is 13.2. The number of hydrogen-bond acceptors (Lipinski definition) is 5. The fraction of sp³-hybridized carbons (Fsp3) is 0.100. The Morgan fingerprint density at radius 2 is 1.93 bits per heavy atom. The molecule has 0 spiro atoms. The molecule has 30 heavy (non-hydrogen) atoms. The number of halogens is 2. The molecule has 3 rings (SSSR count). The zero-order valence-electron chi connectivity index (χ0n) is 15.7. The average Bonchev–Trinajstić information content (AvgIpc) is 3.04. The van der Waals surface area contributed by atoms with E-state index in [1.54, 1.807) is 49.4 Å². The van der Waals surface area contributed by atoms with Crippen molar-refractivity contribution >= 4 is 55.4 Å². The number of aryl methyl sites for hydroxylation is 1. The van der Waals surface area contributed by atoms with Gasteiger partial charge in [0.05, 0.1) is 21.3 Å². The second-order valence-electron chi connectivity index (χ2n) is 6.15. The van der Waals surface area contributed by atoms with Crippen molar-refractivity contribution in [3.05, 3.63) is 81.7 Å². The summed E-state index contributed by atoms with van der Waals surface area (Å²) in [5, 5.41) is 4.17. The normalized spacial score (nSPS) is 11.6. The van der Waals surface area contributed by atoms with E-state index in [4.69, 9.17) is 16.0 Å². The monoisotopic (exact) mass is 509 g/mol. The number of nitrogens with one attached hydrogen (secondary N) is 1. The van der Waals surface area contributed by atoms with Crippen molar-refractivity contribution in [2.45, 2.75) is 11.8 Å². The van der Waals surface area contributed by atoms with Gasteiger partial charge in [-0.2, -0.15) is 5.10 Å². The molecule has 0 aliphatic carbocycles. The predicted octanol–water partition coefficient (Wildman–Crippen LogP) is 4.35. The second kappa shape index (κ2) is 9.46. The number of carbonyl (C=O) groups is 1. The number of carbonyl (C=O) groups excluding carboxylic acids is 1. The minimum absolute atomic E-state index is 0.0530. The topological polar surface area (TPSA) is 92.0 Å². The van der Waals surface area contributed by atoms with Crippen LogP contribution in [0.1, 0.15) is 11.5 Å². The van der Waals surface area contributed by atoms with Crippen LogP contribution >= 0.6 is 27.5 Å². The van der Waals surface area contributed by atoms with Crippen LogP contribution in [0.3, 0.4) is 0 Å². The van der Waals surface area contributed by atoms with Crippen molar-refractivity contribution in [3.8, 4) is 0 Å². The van der Waals surface area contributed by atoms with Gasteiger partial charge in [0.15, 0.2) is 0 Å². The van der Waals surface area contributed by atoms with Crippen LogP contribution in [0.15, 0.2) is 79.6 Å². The first-order valence-corrected chi connectivity index (χ1v) is 11.3. The summed E-state index contributed by atoms with van der Waals surface area (Å²) in [6, 6.07) is 15.8. The largest absolute Gasteiger partial charge is 0.459 e. The van der Waals surface area contributed by atoms with Gasteiger partial charge >= 0.3 is 0 Å². The lowest BCUT2D eigenvalue weighted by Crippen LogP contribution is -2.39. The molecule has 1 amide bonds. The highest BCUT2D eigenvalue weighted by Crippen LogP contribution is 2.26. The van der Waals surface area contributed by atoms with Crippen molar-refractivity contribution < 1.29 is 17.6 Å². The third-order valence-electron chi connectivity index (χ3n) is 3.97. The average molecular weight is 511 g/mol. The number of nitrogens with zero attached hydrogens (tertiary/aromatic N) is 2. The maximum Gasteiger partial charge on any atom is 0.264 e. The van der Waals surface area contributed by atoms with Crippen molar-refractivity contribution in [1.29, 1.82) is 0 Å². The molecule has 0 aliphatic rings. The molecule has 10 heteroatoms. The van der Waals surface area contributed by atoms with Gasteiger partial charge in [-0.1, -0.05) is 35.9 Å². The molecule has 0 bridgehead atoms. The molecule has 0 aliphatic heterocycles. The molecule has 0 radical (unpaired) electrons. The molecule has 156 valence electrons. The van der Waals surface area contributed by atoms with Crippen LogP contribution in [0.4, 0.5) is 5.69 Å². The van der Waals surface area contributed by atoms with Crippen molar-refractivity contribution in [3.63, 3.8) is 0 Å². The number of furan rings is 1. The van der Waals surface area contributed by atoms with E-state index in [1.165, 1.54) is 24.4 Å². The molecular weight excluding hydrogens is 494 g/mol. The molecule has 0 saturated heterocycles. The van der Waals surface area contributed by atoms with Gasteiger partial charge in [-0.05, 0) is 53.2 Å². The zero-order chi connectivity index (χ0) is 21.7. The number of hydrogen-bond donors (Lipinski definition) is 1. The summed E-state index contributed by atoms with van der Waals surface area (Å²) in [5.74, 6) is 0.472. The van der Waals surface area contributed by atoms with E-state index < -0.39 is 22.5 Å². The van der Waals surface area contributed by atoms with Crippen molar-refractivity contribution in [2.24, 2.45) is 5.10 Å². The molecule has 0 fully saturated rings. The molecular formula is C20H17BrClN3O4S. The Morgan fingerprint density at radius 3 is 2.57 bits per heavy atom. The molecule has 7 nitrogen and oxygen atoms in total. The van der Waals surface area contributed by atoms with Crippen LogP contribution < -0.4 is 9.73 Å². The van der Waals surface area contributed by atoms with E-state index in [9.17, 15) is 13.2 Å². The van der Waals surface area contributed by atoms with Crippen molar-refractivity contribution in [1.82, 2.24) is 5.43 Å². The fourth-order valence-electron chi connectivity index (χ4n) is 2.54. The van der Waals surface area contributed by atoms with Crippen LogP contribution in [-0.4, -0.2) is 27.1 Å². The van der Waals surface area contributed by atoms with E-state index in [0.717, 1.165) is 8.78 Å². The highest BCUT2D eigenvalue weighted by molar-refractivity contribution is 9.10. The summed E-state index contributed by atoms with van der Waals surface area (Å²) < 4.78 is 33.5. The zero-order valence-corrected chi connectivity index (χ0v) is 18.9. The lowest BCUT2D eigenvalue weighted by molar-refractivity contribution is -0.119. The van der Waals surface area contributed by atoms with Gasteiger partial charge in [0.1, 0.15) is 18.1 Å². The maximum absolute atomic E-state index is 13.2. The van der Waals surface area contributed by atoms with Crippen LogP contribution in [0, 0.1) is 6.92 Å². The fourth-order valence-corrected chi connectivity index (χ4v) is 4.47. The Bertz CT molecular complexity index is 1160. The van der Waals surface area contributed by atoms with E-state index >= 15 is 0 Å². The first kappa shape index (κ1) is 22.1. The Kier molecular flexibility index (Phi) is 6.96. The molecule has 3 aromatic rings. The highest BCUT2D eigenvalue weighted by Gasteiger charge is 2.27. The summed E-state index contributed by atoms with van der Waals surface area (Å²) >= 11 is 9.35. The van der Waals surface area contributed by atoms with Gasteiger partial charge in [0.25, 0.3) is 15.9 Å². The first-order valence-electron chi connectivity index (χ1n) is 8.68. The van der Waals surface area contributed by atoms with E-state index in [0.29, 0.717) is 16.5 Å². The van der Waals surface area contributed by atoms with Gasteiger partial charge in [-0.25, -0.2) is 13.8 Å². The summed E-state index contributed by atoms with van der Waals surface area (Å²) in [5.41, 5.74) is 2.57. The highest BCUT2D eigenvalue weighted by atomic mass is 79.9. The predicted molar refractivity (Wildman–Crippen MR) is 119 cm³/mol. The van der Waals surface area contributed by atoms with Gasteiger partial charge in [-0.15, -0.1) is 0 Å². The number of rotatable bonds is 7. The molecule has 1 heterocycles. The molecule has 0 atom stereocenters. The smallest absolute Gasteiger partial charge is 0.264 e. The van der Waals surface area contributed by atoms with E-state index in [1.807, 2.05) is 0 Å². The third-order valence-corrected chi connectivity index (χ3v) is 6.78. The quantitative estimate of drug-likeness (QED) is 0.378. The van der Waals surface area contributed by atoms with Gasteiger partial charge in [0, 0.05) is 11.1 Å². The lowest BCUT2D eigenvalue weighted by Gasteiger charge is -2.23. The first-order chi connectivity index (χ1) is 14.3. The minimum atomic E-state index is -4.01. The number of hydrazone groups is 1. The van der Waals surface area contributed by atoms with Crippen LogP contribution in [0.5, 0.6) is 0 Å². The summed E-state index contributed by atoms with van der Waals surface area (Å²) in [7, 11) is -4.01. The number of amides is 1. The van der Waals surface area contributed by atoms with Crippen molar-refractivity contribution in [2.75, 3.05) is 10.8 Å². The van der Waals surface area contributed by atoms with E-state index in [2.05, 4.69) is 26.5 Å². The Balaban J connectivity index is 1.83. The third kappa shape index (κ3) is 5.29. The summed E-state index contributed by atoms with van der Waals surface area (Å²) in [4.78, 5) is 12.5. The Hall–Kier alpha value is -2.62. The Labute approximate surface area is 187 Å². The standard InChI is InChI=1S/C20H17BrClN3O4S/c1-14-19(21)11-17(29-14)12-23-24-20(26)13-25(16-7-5-6-15(22)10-16)30(27,28)18-8-3-2-4-9-18/h2-12H,13H2,1H3,(H,24,26)/b23-12-. The number of anilines is 1. The van der Waals surface area contributed by atoms with Crippen LogP contribution in [0.2, 0.25) is 5.02 Å². The van der Waals surface area contributed by atoms with Gasteiger partial charge in [0.2, 0.25) is 0 Å². The van der Waals surface area contributed by atoms with Gasteiger partial charge < -0.3 is 4.42 Å². The minimum Gasteiger partial charge on any atom is -0.459 e. The SMILES string of the molecule is Cc1oc(/C=N\NC(=O)CN(c2cccc(Cl)c2)S(=O)(=O)c2ccccc2)cc1Br. The Morgan fingerprint density at radius 1 is 1.20 bits per heavy atom. The molecule has 1 aromatic heterocycles. The van der Waals surface area contributed by atoms with E-state index in [-0.39, 0.29) is 10.6 Å². The molecule has 0 saturated carbocycles. The second-order valence-corrected chi connectivity index (χ2v) is 9.30. The summed E-state index contributed by atoms with van der Waals surface area (Å²) in [6.45, 7) is 1.28. The number of sulfonamides is 1. The number of benzene rings is 2.